The zero-order chi connectivity index (χ0) is 14.8. The molecule has 0 saturated heterocycles. The summed E-state index contributed by atoms with van der Waals surface area (Å²) in [5.74, 6) is 0.913. The molecule has 0 heterocycles. The third kappa shape index (κ3) is 3.32. The van der Waals surface area contributed by atoms with E-state index in [1.54, 1.807) is 0 Å². The summed E-state index contributed by atoms with van der Waals surface area (Å²) in [6.07, 6.45) is 2.68. The fourth-order valence-corrected chi connectivity index (χ4v) is 2.90. The molecule has 2 atom stereocenters. The average molecular weight is 272 g/mol. The van der Waals surface area contributed by atoms with Gasteiger partial charge in [0, 0.05) is 12.5 Å². The predicted molar refractivity (Wildman–Crippen MR) is 80.8 cm³/mol. The van der Waals surface area contributed by atoms with Crippen molar-refractivity contribution in [3.8, 4) is 11.8 Å². The van der Waals surface area contributed by atoms with Crippen LogP contribution in [0.3, 0.4) is 0 Å². The maximum atomic E-state index is 9.46. The van der Waals surface area contributed by atoms with E-state index in [0.717, 1.165) is 25.0 Å². The van der Waals surface area contributed by atoms with Crippen molar-refractivity contribution in [2.24, 2.45) is 0 Å². The molecule has 0 amide bonds. The summed E-state index contributed by atoms with van der Waals surface area (Å²) in [5.41, 5.74) is 2.10. The van der Waals surface area contributed by atoms with E-state index < -0.39 is 5.54 Å². The Kier molecular flexibility index (Phi) is 4.35. The largest absolute Gasteiger partial charge is 0.490 e. The first kappa shape index (κ1) is 14.9. The minimum absolute atomic E-state index is 0.128. The zero-order valence-corrected chi connectivity index (χ0v) is 12.9. The van der Waals surface area contributed by atoms with E-state index in [1.165, 1.54) is 11.1 Å². The smallest absolute Gasteiger partial charge is 0.120 e. The quantitative estimate of drug-likeness (QED) is 0.912. The van der Waals surface area contributed by atoms with Crippen molar-refractivity contribution >= 4 is 0 Å². The third-order valence-corrected chi connectivity index (χ3v) is 4.03. The highest BCUT2D eigenvalue weighted by Gasteiger charge is 2.40. The van der Waals surface area contributed by atoms with Crippen molar-refractivity contribution < 1.29 is 4.74 Å². The molecular formula is C17H24N2O. The molecule has 3 heteroatoms. The van der Waals surface area contributed by atoms with Crippen LogP contribution >= 0.6 is 0 Å². The highest BCUT2D eigenvalue weighted by atomic mass is 16.5. The molecule has 108 valence electrons. The number of hydrogen-bond acceptors (Lipinski definition) is 3. The van der Waals surface area contributed by atoms with Crippen LogP contribution in [0.15, 0.2) is 18.2 Å². The van der Waals surface area contributed by atoms with E-state index in [1.807, 2.05) is 6.07 Å². The van der Waals surface area contributed by atoms with Gasteiger partial charge in [0.2, 0.25) is 0 Å². The van der Waals surface area contributed by atoms with E-state index in [2.05, 4.69) is 51.2 Å². The van der Waals surface area contributed by atoms with Gasteiger partial charge in [0.15, 0.2) is 0 Å². The summed E-state index contributed by atoms with van der Waals surface area (Å²) in [7, 11) is 0. The Morgan fingerprint density at radius 3 is 2.70 bits per heavy atom. The van der Waals surface area contributed by atoms with Gasteiger partial charge in [-0.25, -0.2) is 0 Å². The maximum absolute atomic E-state index is 9.46. The molecule has 2 rings (SSSR count). The van der Waals surface area contributed by atoms with Crippen molar-refractivity contribution in [2.75, 3.05) is 0 Å². The van der Waals surface area contributed by atoms with Gasteiger partial charge < -0.3 is 4.74 Å². The Hall–Kier alpha value is -1.53. The van der Waals surface area contributed by atoms with Gasteiger partial charge >= 0.3 is 0 Å². The van der Waals surface area contributed by atoms with E-state index in [0.29, 0.717) is 6.04 Å². The molecule has 0 aliphatic heterocycles. The molecular weight excluding hydrogens is 248 g/mol. The first-order valence-corrected chi connectivity index (χ1v) is 7.37. The van der Waals surface area contributed by atoms with Crippen LogP contribution < -0.4 is 10.1 Å². The van der Waals surface area contributed by atoms with Crippen molar-refractivity contribution in [2.45, 2.75) is 64.6 Å². The molecule has 20 heavy (non-hydrogen) atoms. The first-order valence-electron chi connectivity index (χ1n) is 7.37. The molecule has 0 radical (unpaired) electrons. The molecule has 1 N–H and O–H groups in total. The van der Waals surface area contributed by atoms with Gasteiger partial charge in [-0.2, -0.15) is 5.26 Å². The second kappa shape index (κ2) is 5.85. The molecule has 1 aliphatic carbocycles. The van der Waals surface area contributed by atoms with Gasteiger partial charge in [-0.1, -0.05) is 6.07 Å². The standard InChI is InChI=1S/C17H24N2O/c1-12(2)19-17(11-18)8-7-16(10-17)20-15-6-5-13(3)14(4)9-15/h5-6,9,12,16,19H,7-8,10H2,1-4H3. The zero-order valence-electron chi connectivity index (χ0n) is 12.9. The maximum Gasteiger partial charge on any atom is 0.120 e. The van der Waals surface area contributed by atoms with Crippen LogP contribution in [0.1, 0.15) is 44.2 Å². The second-order valence-electron chi connectivity index (χ2n) is 6.22. The monoisotopic (exact) mass is 272 g/mol. The van der Waals surface area contributed by atoms with Crippen LogP contribution in [-0.4, -0.2) is 17.7 Å². The molecule has 2 unspecified atom stereocenters. The molecule has 0 spiro atoms. The van der Waals surface area contributed by atoms with Crippen molar-refractivity contribution in [1.29, 1.82) is 5.26 Å². The van der Waals surface area contributed by atoms with Crippen LogP contribution in [0.25, 0.3) is 0 Å². The molecule has 0 aromatic heterocycles. The van der Waals surface area contributed by atoms with Crippen molar-refractivity contribution in [3.05, 3.63) is 29.3 Å². The fourth-order valence-electron chi connectivity index (χ4n) is 2.90. The number of rotatable bonds is 4. The highest BCUT2D eigenvalue weighted by Crippen LogP contribution is 2.33. The summed E-state index contributed by atoms with van der Waals surface area (Å²) in [4.78, 5) is 0. The van der Waals surface area contributed by atoms with Gasteiger partial charge in [0.1, 0.15) is 17.4 Å². The molecule has 3 nitrogen and oxygen atoms in total. The van der Waals surface area contributed by atoms with Crippen LogP contribution in [0.2, 0.25) is 0 Å². The average Bonchev–Trinajstić information content (AvgIpc) is 2.77. The lowest BCUT2D eigenvalue weighted by Gasteiger charge is -2.25. The summed E-state index contributed by atoms with van der Waals surface area (Å²) in [6.45, 7) is 8.35. The Bertz CT molecular complexity index is 518. The first-order chi connectivity index (χ1) is 9.44. The van der Waals surface area contributed by atoms with Crippen LogP contribution in [-0.2, 0) is 0 Å². The lowest BCUT2D eigenvalue weighted by Crippen LogP contribution is -2.46. The second-order valence-corrected chi connectivity index (χ2v) is 6.22. The number of nitrogens with zero attached hydrogens (tertiary/aromatic N) is 1. The molecule has 1 aromatic carbocycles. The van der Waals surface area contributed by atoms with Crippen molar-refractivity contribution in [3.63, 3.8) is 0 Å². The predicted octanol–water partition coefficient (Wildman–Crippen LogP) is 3.50. The van der Waals surface area contributed by atoms with E-state index in [4.69, 9.17) is 4.74 Å². The van der Waals surface area contributed by atoms with Gasteiger partial charge in [0.05, 0.1) is 6.07 Å². The van der Waals surface area contributed by atoms with Gasteiger partial charge in [-0.05, 0) is 63.8 Å². The Morgan fingerprint density at radius 1 is 1.35 bits per heavy atom. The Balaban J connectivity index is 2.02. The summed E-state index contributed by atoms with van der Waals surface area (Å²) >= 11 is 0. The highest BCUT2D eigenvalue weighted by molar-refractivity contribution is 5.34. The van der Waals surface area contributed by atoms with Crippen LogP contribution in [0.5, 0.6) is 5.75 Å². The summed E-state index contributed by atoms with van der Waals surface area (Å²) < 4.78 is 6.06. The van der Waals surface area contributed by atoms with Crippen LogP contribution in [0, 0.1) is 25.2 Å². The third-order valence-electron chi connectivity index (χ3n) is 4.03. The lowest BCUT2D eigenvalue weighted by atomic mass is 9.98. The van der Waals surface area contributed by atoms with E-state index in [9.17, 15) is 5.26 Å². The summed E-state index contributed by atoms with van der Waals surface area (Å²) in [6, 6.07) is 8.95. The number of nitrogens with one attached hydrogen (secondary N) is 1. The van der Waals surface area contributed by atoms with E-state index in [-0.39, 0.29) is 6.10 Å². The number of aryl methyl sites for hydroxylation is 2. The topological polar surface area (TPSA) is 45.0 Å². The van der Waals surface area contributed by atoms with Crippen molar-refractivity contribution in [1.82, 2.24) is 5.32 Å². The molecule has 1 aromatic rings. The summed E-state index contributed by atoms with van der Waals surface area (Å²) in [5, 5.41) is 12.9. The normalized spacial score (nSPS) is 25.7. The van der Waals surface area contributed by atoms with Gasteiger partial charge in [-0.15, -0.1) is 0 Å². The van der Waals surface area contributed by atoms with Crippen LogP contribution in [0.4, 0.5) is 0 Å². The minimum Gasteiger partial charge on any atom is -0.490 e. The Morgan fingerprint density at radius 2 is 2.10 bits per heavy atom. The molecule has 1 fully saturated rings. The molecule has 1 aliphatic rings. The SMILES string of the molecule is Cc1ccc(OC2CCC(C#N)(NC(C)C)C2)cc1C. The van der Waals surface area contributed by atoms with E-state index >= 15 is 0 Å². The number of ether oxygens (including phenoxy) is 1. The number of hydrogen-bond donors (Lipinski definition) is 1. The van der Waals surface area contributed by atoms with Gasteiger partial charge in [0.25, 0.3) is 0 Å². The van der Waals surface area contributed by atoms with Gasteiger partial charge in [-0.3, -0.25) is 5.32 Å². The molecule has 0 bridgehead atoms. The fraction of sp³-hybridized carbons (Fsp3) is 0.588. The number of nitriles is 1. The number of benzene rings is 1. The molecule has 1 saturated carbocycles. The minimum atomic E-state index is -0.418. The Labute approximate surface area is 121 Å². The lowest BCUT2D eigenvalue weighted by molar-refractivity contribution is 0.199.